The summed E-state index contributed by atoms with van der Waals surface area (Å²) in [6, 6.07) is 10.1. The van der Waals surface area contributed by atoms with Crippen LogP contribution in [0, 0.1) is 0 Å². The Labute approximate surface area is 154 Å². The molecule has 1 amide bonds. The lowest BCUT2D eigenvalue weighted by molar-refractivity contribution is -0.139. The van der Waals surface area contributed by atoms with Crippen molar-refractivity contribution >= 4 is 5.91 Å². The highest BCUT2D eigenvalue weighted by atomic mass is 16.5. The van der Waals surface area contributed by atoms with Gasteiger partial charge in [0.1, 0.15) is 11.5 Å². The van der Waals surface area contributed by atoms with Crippen LogP contribution in [0.1, 0.15) is 30.2 Å². The summed E-state index contributed by atoms with van der Waals surface area (Å²) < 4.78 is 11.4. The van der Waals surface area contributed by atoms with Crippen LogP contribution in [0.3, 0.4) is 0 Å². The average Bonchev–Trinajstić information content (AvgIpc) is 3.33. The van der Waals surface area contributed by atoms with Gasteiger partial charge in [-0.15, -0.1) is 0 Å². The predicted molar refractivity (Wildman–Crippen MR) is 99.1 cm³/mol. The van der Waals surface area contributed by atoms with E-state index in [0.29, 0.717) is 0 Å². The van der Waals surface area contributed by atoms with Crippen molar-refractivity contribution in [2.75, 3.05) is 26.2 Å². The summed E-state index contributed by atoms with van der Waals surface area (Å²) in [5.41, 5.74) is 2.79. The van der Waals surface area contributed by atoms with Crippen molar-refractivity contribution in [2.45, 2.75) is 38.8 Å². The van der Waals surface area contributed by atoms with Gasteiger partial charge >= 0.3 is 0 Å². The SMILES string of the molecule is CC(Oc1ccc2c(c1)CCC2)C(=O)N1CCN(Cc2ccco2)CC1. The first-order valence-electron chi connectivity index (χ1n) is 9.51. The summed E-state index contributed by atoms with van der Waals surface area (Å²) in [7, 11) is 0. The molecule has 2 aliphatic rings. The molecule has 0 saturated carbocycles. The first-order valence-corrected chi connectivity index (χ1v) is 9.51. The van der Waals surface area contributed by atoms with Gasteiger partial charge in [-0.3, -0.25) is 9.69 Å². The lowest BCUT2D eigenvalue weighted by Gasteiger charge is -2.35. The Kier molecular flexibility index (Phi) is 4.98. The summed E-state index contributed by atoms with van der Waals surface area (Å²) >= 11 is 0. The van der Waals surface area contributed by atoms with Gasteiger partial charge in [-0.25, -0.2) is 0 Å². The van der Waals surface area contributed by atoms with E-state index in [1.54, 1.807) is 6.26 Å². The second kappa shape index (κ2) is 7.54. The molecule has 1 unspecified atom stereocenters. The molecule has 1 atom stereocenters. The van der Waals surface area contributed by atoms with Crippen LogP contribution < -0.4 is 4.74 Å². The van der Waals surface area contributed by atoms with E-state index in [1.165, 1.54) is 17.5 Å². The first kappa shape index (κ1) is 17.2. The van der Waals surface area contributed by atoms with Crippen LogP contribution in [0.25, 0.3) is 0 Å². The third-order valence-electron chi connectivity index (χ3n) is 5.37. The van der Waals surface area contributed by atoms with E-state index in [0.717, 1.165) is 57.1 Å². The number of nitrogens with zero attached hydrogens (tertiary/aromatic N) is 2. The molecule has 1 saturated heterocycles. The number of rotatable bonds is 5. The molecule has 0 bridgehead atoms. The van der Waals surface area contributed by atoms with Crippen molar-refractivity contribution in [1.82, 2.24) is 9.80 Å². The number of fused-ring (bicyclic) bond motifs is 1. The number of hydrogen-bond acceptors (Lipinski definition) is 4. The minimum Gasteiger partial charge on any atom is -0.481 e. The molecule has 138 valence electrons. The van der Waals surface area contributed by atoms with Gasteiger partial charge in [0.2, 0.25) is 0 Å². The number of piperazine rings is 1. The Bertz CT molecular complexity index is 749. The molecule has 5 nitrogen and oxygen atoms in total. The maximum Gasteiger partial charge on any atom is 0.263 e. The highest BCUT2D eigenvalue weighted by Gasteiger charge is 2.26. The molecule has 5 heteroatoms. The summed E-state index contributed by atoms with van der Waals surface area (Å²) in [5.74, 6) is 1.85. The standard InChI is InChI=1S/C21H26N2O3/c1-16(26-19-8-7-17-4-2-5-18(17)14-19)21(24)23-11-9-22(10-12-23)15-20-6-3-13-25-20/h3,6-8,13-14,16H,2,4-5,9-12,15H2,1H3. The average molecular weight is 354 g/mol. The fourth-order valence-corrected chi connectivity index (χ4v) is 3.88. The van der Waals surface area contributed by atoms with Crippen LogP contribution in [0.4, 0.5) is 0 Å². The number of carbonyl (C=O) groups is 1. The third-order valence-corrected chi connectivity index (χ3v) is 5.37. The Morgan fingerprint density at radius 2 is 1.96 bits per heavy atom. The maximum absolute atomic E-state index is 12.7. The van der Waals surface area contributed by atoms with Gasteiger partial charge in [0.05, 0.1) is 12.8 Å². The second-order valence-corrected chi connectivity index (χ2v) is 7.22. The number of hydrogen-bond donors (Lipinski definition) is 0. The minimum atomic E-state index is -0.453. The number of amides is 1. The monoisotopic (exact) mass is 354 g/mol. The zero-order valence-corrected chi connectivity index (χ0v) is 15.3. The van der Waals surface area contributed by atoms with Crippen molar-refractivity contribution in [1.29, 1.82) is 0 Å². The van der Waals surface area contributed by atoms with E-state index < -0.39 is 6.10 Å². The number of ether oxygens (including phenoxy) is 1. The van der Waals surface area contributed by atoms with Gasteiger partial charge in [0, 0.05) is 26.2 Å². The number of carbonyl (C=O) groups excluding carboxylic acids is 1. The highest BCUT2D eigenvalue weighted by Crippen LogP contribution is 2.26. The lowest BCUT2D eigenvalue weighted by atomic mass is 10.1. The molecule has 2 heterocycles. The van der Waals surface area contributed by atoms with Crippen molar-refractivity contribution in [3.8, 4) is 5.75 Å². The van der Waals surface area contributed by atoms with Gasteiger partial charge in [-0.1, -0.05) is 6.07 Å². The molecule has 0 spiro atoms. The smallest absolute Gasteiger partial charge is 0.263 e. The molecular weight excluding hydrogens is 328 g/mol. The van der Waals surface area contributed by atoms with Gasteiger partial charge in [-0.05, 0) is 61.6 Å². The van der Waals surface area contributed by atoms with Gasteiger partial charge in [-0.2, -0.15) is 0 Å². The highest BCUT2D eigenvalue weighted by molar-refractivity contribution is 5.81. The Balaban J connectivity index is 1.29. The molecule has 1 aliphatic carbocycles. The number of benzene rings is 1. The molecule has 1 aliphatic heterocycles. The van der Waals surface area contributed by atoms with Crippen LogP contribution in [-0.4, -0.2) is 48.0 Å². The Morgan fingerprint density at radius 1 is 1.15 bits per heavy atom. The summed E-state index contributed by atoms with van der Waals surface area (Å²) in [5, 5.41) is 0. The van der Waals surface area contributed by atoms with Crippen molar-refractivity contribution in [3.63, 3.8) is 0 Å². The molecular formula is C21H26N2O3. The van der Waals surface area contributed by atoms with Gasteiger partial charge in [0.25, 0.3) is 5.91 Å². The fourth-order valence-electron chi connectivity index (χ4n) is 3.88. The third kappa shape index (κ3) is 3.78. The topological polar surface area (TPSA) is 45.9 Å². The van der Waals surface area contributed by atoms with E-state index in [1.807, 2.05) is 30.0 Å². The van der Waals surface area contributed by atoms with Crippen LogP contribution in [0.15, 0.2) is 41.0 Å². The summed E-state index contributed by atoms with van der Waals surface area (Å²) in [6.45, 7) is 5.84. The largest absolute Gasteiger partial charge is 0.481 e. The van der Waals surface area contributed by atoms with E-state index >= 15 is 0 Å². The molecule has 4 rings (SSSR count). The Hall–Kier alpha value is -2.27. The fraction of sp³-hybridized carbons (Fsp3) is 0.476. The Morgan fingerprint density at radius 3 is 2.73 bits per heavy atom. The zero-order chi connectivity index (χ0) is 17.9. The van der Waals surface area contributed by atoms with E-state index in [2.05, 4.69) is 17.0 Å². The molecule has 0 N–H and O–H groups in total. The summed E-state index contributed by atoms with van der Waals surface area (Å²) in [6.07, 6.45) is 4.74. The van der Waals surface area contributed by atoms with E-state index in [9.17, 15) is 4.79 Å². The zero-order valence-electron chi connectivity index (χ0n) is 15.3. The van der Waals surface area contributed by atoms with Crippen LogP contribution in [0.5, 0.6) is 5.75 Å². The molecule has 26 heavy (non-hydrogen) atoms. The minimum absolute atomic E-state index is 0.0724. The van der Waals surface area contributed by atoms with Crippen molar-refractivity contribution in [3.05, 3.63) is 53.5 Å². The second-order valence-electron chi connectivity index (χ2n) is 7.22. The number of furan rings is 1. The lowest BCUT2D eigenvalue weighted by Crippen LogP contribution is -2.51. The van der Waals surface area contributed by atoms with E-state index in [-0.39, 0.29) is 5.91 Å². The maximum atomic E-state index is 12.7. The van der Waals surface area contributed by atoms with Crippen LogP contribution in [-0.2, 0) is 24.2 Å². The van der Waals surface area contributed by atoms with Crippen LogP contribution in [0.2, 0.25) is 0 Å². The molecule has 1 aromatic heterocycles. The van der Waals surface area contributed by atoms with Gasteiger partial charge < -0.3 is 14.1 Å². The summed E-state index contributed by atoms with van der Waals surface area (Å²) in [4.78, 5) is 17.0. The molecule has 1 fully saturated rings. The van der Waals surface area contributed by atoms with Gasteiger partial charge in [0.15, 0.2) is 6.10 Å². The van der Waals surface area contributed by atoms with Crippen molar-refractivity contribution < 1.29 is 13.9 Å². The van der Waals surface area contributed by atoms with Crippen LogP contribution >= 0.6 is 0 Å². The quantitative estimate of drug-likeness (QED) is 0.828. The molecule has 2 aromatic rings. The number of aryl methyl sites for hydroxylation is 2. The molecule has 0 radical (unpaired) electrons. The molecule has 1 aromatic carbocycles. The first-order chi connectivity index (χ1) is 12.7. The normalized spacial score (nSPS) is 18.6. The van der Waals surface area contributed by atoms with E-state index in [4.69, 9.17) is 9.15 Å². The van der Waals surface area contributed by atoms with Crippen molar-refractivity contribution in [2.24, 2.45) is 0 Å². The predicted octanol–water partition coefficient (Wildman–Crippen LogP) is 2.88.